The zero-order valence-corrected chi connectivity index (χ0v) is 11.2. The first-order valence-electron chi connectivity index (χ1n) is 7.67. The number of nitrogens with zero attached hydrogens (tertiary/aromatic N) is 2. The summed E-state index contributed by atoms with van der Waals surface area (Å²) in [6.07, 6.45) is 8.95. The van der Waals surface area contributed by atoms with Gasteiger partial charge in [-0.2, -0.15) is 4.98 Å². The van der Waals surface area contributed by atoms with Crippen LogP contribution in [0.5, 0.6) is 0 Å². The van der Waals surface area contributed by atoms with Crippen molar-refractivity contribution in [3.05, 3.63) is 11.7 Å². The number of hydrogen-bond donors (Lipinski definition) is 0. The molecule has 0 saturated heterocycles. The molecule has 4 unspecified atom stereocenters. The van der Waals surface area contributed by atoms with Crippen LogP contribution >= 0.6 is 0 Å². The highest BCUT2D eigenvalue weighted by atomic mass is 16.5. The van der Waals surface area contributed by atoms with Gasteiger partial charge in [0.25, 0.3) is 0 Å². The van der Waals surface area contributed by atoms with E-state index in [1.165, 1.54) is 25.7 Å². The van der Waals surface area contributed by atoms with Gasteiger partial charge in [0, 0.05) is 12.3 Å². The van der Waals surface area contributed by atoms with E-state index in [0.29, 0.717) is 18.2 Å². The molecule has 4 heteroatoms. The predicted octanol–water partition coefficient (Wildman–Crippen LogP) is 3.20. The summed E-state index contributed by atoms with van der Waals surface area (Å²) < 4.78 is 5.41. The minimum atomic E-state index is -0.117. The lowest BCUT2D eigenvalue weighted by molar-refractivity contribution is -0.122. The van der Waals surface area contributed by atoms with Crippen LogP contribution in [0.15, 0.2) is 4.52 Å². The molecular weight excluding hydrogens is 240 g/mol. The Morgan fingerprint density at radius 2 is 2.05 bits per heavy atom. The van der Waals surface area contributed by atoms with Crippen LogP contribution in [-0.4, -0.2) is 15.9 Å². The number of carbonyl (C=O) groups is 1. The van der Waals surface area contributed by atoms with Gasteiger partial charge in [-0.05, 0) is 43.9 Å². The highest BCUT2D eigenvalue weighted by molar-refractivity contribution is 5.85. The van der Waals surface area contributed by atoms with E-state index in [9.17, 15) is 4.79 Å². The minimum absolute atomic E-state index is 0.117. The van der Waals surface area contributed by atoms with E-state index in [1.807, 2.05) is 0 Å². The lowest BCUT2D eigenvalue weighted by Crippen LogP contribution is -2.17. The third-order valence-electron chi connectivity index (χ3n) is 5.38. The third-order valence-corrected chi connectivity index (χ3v) is 5.38. The number of fused-ring (bicyclic) bond motifs is 2. The summed E-state index contributed by atoms with van der Waals surface area (Å²) in [4.78, 5) is 16.5. The van der Waals surface area contributed by atoms with Gasteiger partial charge in [0.15, 0.2) is 5.82 Å². The van der Waals surface area contributed by atoms with Crippen LogP contribution in [0.3, 0.4) is 0 Å². The van der Waals surface area contributed by atoms with Crippen molar-refractivity contribution in [2.75, 3.05) is 0 Å². The fourth-order valence-electron chi connectivity index (χ4n) is 4.34. The molecule has 0 aromatic carbocycles. The molecule has 1 heterocycles. The summed E-state index contributed by atoms with van der Waals surface area (Å²) in [5.41, 5.74) is 0. The SMILES string of the molecule is O=C1CCCCC1c1nc(C2CC3CCC2C3)no1. The number of aromatic nitrogens is 2. The van der Waals surface area contributed by atoms with Crippen molar-refractivity contribution in [2.24, 2.45) is 11.8 Å². The Labute approximate surface area is 113 Å². The molecule has 4 nitrogen and oxygen atoms in total. The predicted molar refractivity (Wildman–Crippen MR) is 68.7 cm³/mol. The molecule has 3 aliphatic carbocycles. The average Bonchev–Trinajstić information content (AvgIpc) is 3.15. The van der Waals surface area contributed by atoms with Crippen molar-refractivity contribution in [1.29, 1.82) is 0 Å². The molecule has 0 amide bonds. The first-order valence-corrected chi connectivity index (χ1v) is 7.67. The first-order chi connectivity index (χ1) is 9.31. The fourth-order valence-corrected chi connectivity index (χ4v) is 4.34. The van der Waals surface area contributed by atoms with Gasteiger partial charge in [-0.1, -0.05) is 18.0 Å². The monoisotopic (exact) mass is 260 g/mol. The third kappa shape index (κ3) is 1.92. The lowest BCUT2D eigenvalue weighted by Gasteiger charge is -2.18. The van der Waals surface area contributed by atoms with Gasteiger partial charge < -0.3 is 4.52 Å². The summed E-state index contributed by atoms with van der Waals surface area (Å²) in [5.74, 6) is 3.77. The molecule has 3 fully saturated rings. The Hall–Kier alpha value is -1.19. The number of carbonyl (C=O) groups excluding carboxylic acids is 1. The Balaban J connectivity index is 1.54. The van der Waals surface area contributed by atoms with Gasteiger partial charge in [0.05, 0.1) is 5.92 Å². The minimum Gasteiger partial charge on any atom is -0.339 e. The van der Waals surface area contributed by atoms with Crippen LogP contribution in [-0.2, 0) is 4.79 Å². The highest BCUT2D eigenvalue weighted by Gasteiger charge is 2.42. The molecule has 4 atom stereocenters. The number of Topliss-reactive ketones (excluding diaryl/α,β-unsaturated/α-hetero) is 1. The molecule has 0 N–H and O–H groups in total. The second kappa shape index (κ2) is 4.43. The average molecular weight is 260 g/mol. The maximum absolute atomic E-state index is 11.9. The van der Waals surface area contributed by atoms with Crippen LogP contribution in [0.25, 0.3) is 0 Å². The molecule has 102 valence electrons. The zero-order chi connectivity index (χ0) is 12.8. The van der Waals surface area contributed by atoms with Gasteiger partial charge in [-0.15, -0.1) is 0 Å². The van der Waals surface area contributed by atoms with Gasteiger partial charge >= 0.3 is 0 Å². The fraction of sp³-hybridized carbons (Fsp3) is 0.800. The summed E-state index contributed by atoms with van der Waals surface area (Å²) in [7, 11) is 0. The second-order valence-electron chi connectivity index (χ2n) is 6.54. The maximum Gasteiger partial charge on any atom is 0.237 e. The Morgan fingerprint density at radius 1 is 1.11 bits per heavy atom. The van der Waals surface area contributed by atoms with E-state index in [0.717, 1.165) is 36.9 Å². The van der Waals surface area contributed by atoms with E-state index in [4.69, 9.17) is 4.52 Å². The summed E-state index contributed by atoms with van der Waals surface area (Å²) in [6, 6.07) is 0. The standard InChI is InChI=1S/C15H20N2O2/c18-13-4-2-1-3-11(13)15-16-14(17-19-15)12-8-9-5-6-10(12)7-9/h9-12H,1-8H2. The second-order valence-corrected chi connectivity index (χ2v) is 6.54. The molecule has 1 aromatic rings. The molecule has 0 aliphatic heterocycles. The molecule has 3 aliphatic rings. The van der Waals surface area contributed by atoms with Gasteiger partial charge in [0.2, 0.25) is 5.89 Å². The number of rotatable bonds is 2. The molecule has 3 saturated carbocycles. The van der Waals surface area contributed by atoms with Crippen molar-refractivity contribution in [1.82, 2.24) is 10.1 Å². The van der Waals surface area contributed by atoms with Crippen LogP contribution in [0.4, 0.5) is 0 Å². The van der Waals surface area contributed by atoms with Crippen molar-refractivity contribution in [2.45, 2.75) is 63.2 Å². The lowest BCUT2D eigenvalue weighted by atomic mass is 9.87. The number of ketones is 1. The van der Waals surface area contributed by atoms with E-state index in [2.05, 4.69) is 10.1 Å². The molecule has 19 heavy (non-hydrogen) atoms. The van der Waals surface area contributed by atoms with Crippen LogP contribution < -0.4 is 0 Å². The Bertz CT molecular complexity index is 496. The van der Waals surface area contributed by atoms with E-state index in [-0.39, 0.29) is 11.7 Å². The molecule has 4 rings (SSSR count). The van der Waals surface area contributed by atoms with Gasteiger partial charge in [-0.25, -0.2) is 0 Å². The molecular formula is C15H20N2O2. The van der Waals surface area contributed by atoms with Gasteiger partial charge in [0.1, 0.15) is 5.78 Å². The zero-order valence-electron chi connectivity index (χ0n) is 11.2. The summed E-state index contributed by atoms with van der Waals surface area (Å²) >= 11 is 0. The normalized spacial score (nSPS) is 38.0. The van der Waals surface area contributed by atoms with Crippen LogP contribution in [0.1, 0.15) is 74.9 Å². The van der Waals surface area contributed by atoms with E-state index < -0.39 is 0 Å². The highest BCUT2D eigenvalue weighted by Crippen LogP contribution is 2.52. The van der Waals surface area contributed by atoms with E-state index in [1.54, 1.807) is 0 Å². The smallest absolute Gasteiger partial charge is 0.237 e. The van der Waals surface area contributed by atoms with Crippen molar-refractivity contribution in [3.8, 4) is 0 Å². The summed E-state index contributed by atoms with van der Waals surface area (Å²) in [5, 5.41) is 4.19. The van der Waals surface area contributed by atoms with Crippen molar-refractivity contribution >= 4 is 5.78 Å². The topological polar surface area (TPSA) is 56.0 Å². The van der Waals surface area contributed by atoms with Crippen LogP contribution in [0, 0.1) is 11.8 Å². The van der Waals surface area contributed by atoms with Crippen molar-refractivity contribution < 1.29 is 9.32 Å². The van der Waals surface area contributed by atoms with Crippen molar-refractivity contribution in [3.63, 3.8) is 0 Å². The first kappa shape index (κ1) is 11.6. The van der Waals surface area contributed by atoms with Crippen LogP contribution in [0.2, 0.25) is 0 Å². The summed E-state index contributed by atoms with van der Waals surface area (Å²) in [6.45, 7) is 0. The quantitative estimate of drug-likeness (QED) is 0.819. The largest absolute Gasteiger partial charge is 0.339 e. The molecule has 2 bridgehead atoms. The maximum atomic E-state index is 11.9. The Kier molecular flexibility index (Phi) is 2.71. The molecule has 0 spiro atoms. The molecule has 0 radical (unpaired) electrons. The number of hydrogen-bond acceptors (Lipinski definition) is 4. The Morgan fingerprint density at radius 3 is 2.79 bits per heavy atom. The van der Waals surface area contributed by atoms with Gasteiger partial charge in [-0.3, -0.25) is 4.79 Å². The van der Waals surface area contributed by atoms with E-state index >= 15 is 0 Å². The molecule has 1 aromatic heterocycles.